The normalized spacial score (nSPS) is 23.9. The third-order valence-electron chi connectivity index (χ3n) is 5.24. The Morgan fingerprint density at radius 1 is 1.07 bits per heavy atom. The molecule has 0 aromatic heterocycles. The molecule has 2 fully saturated rings. The first-order chi connectivity index (χ1) is 13.4. The number of sulfonamides is 1. The number of benzene rings is 2. The Labute approximate surface area is 170 Å². The minimum atomic E-state index is -3.43. The summed E-state index contributed by atoms with van der Waals surface area (Å²) in [5, 5.41) is 1.64. The molecular formula is C20H23ClN2O4S. The lowest BCUT2D eigenvalue weighted by Crippen LogP contribution is -2.41. The van der Waals surface area contributed by atoms with E-state index in [0.717, 1.165) is 18.4 Å². The van der Waals surface area contributed by atoms with Gasteiger partial charge < -0.3 is 4.74 Å². The highest BCUT2D eigenvalue weighted by Crippen LogP contribution is 2.37. The fourth-order valence-corrected chi connectivity index (χ4v) is 5.97. The first-order valence-electron chi connectivity index (χ1n) is 9.33. The van der Waals surface area contributed by atoms with E-state index in [1.165, 1.54) is 0 Å². The van der Waals surface area contributed by atoms with Gasteiger partial charge in [-0.3, -0.25) is 4.84 Å². The minimum absolute atomic E-state index is 0.155. The topological polar surface area (TPSA) is 59.1 Å². The van der Waals surface area contributed by atoms with Crippen molar-refractivity contribution in [2.75, 3.05) is 26.7 Å². The smallest absolute Gasteiger partial charge is 0.221 e. The minimum Gasteiger partial charge on any atom is -0.457 e. The summed E-state index contributed by atoms with van der Waals surface area (Å²) in [4.78, 5) is 5.62. The predicted octanol–water partition coefficient (Wildman–Crippen LogP) is 3.84. The zero-order valence-corrected chi connectivity index (χ0v) is 17.2. The van der Waals surface area contributed by atoms with Gasteiger partial charge in [0, 0.05) is 25.2 Å². The highest BCUT2D eigenvalue weighted by Gasteiger charge is 2.46. The van der Waals surface area contributed by atoms with Crippen LogP contribution in [0, 0.1) is 0 Å². The van der Waals surface area contributed by atoms with E-state index < -0.39 is 15.3 Å². The standard InChI is InChI=1S/C20H23ClN2O4S/c1-22-20(19(14-26-22)28(24,25)23-11-2-3-12-23)15-5-4-6-18(13-15)27-17-9-7-16(21)8-10-17/h4-10,13,19-20H,2-3,11-12,14H2,1H3. The van der Waals surface area contributed by atoms with Gasteiger partial charge in [-0.15, -0.1) is 0 Å². The number of hydrogen-bond acceptors (Lipinski definition) is 5. The Morgan fingerprint density at radius 3 is 2.50 bits per heavy atom. The lowest BCUT2D eigenvalue weighted by atomic mass is 10.0. The van der Waals surface area contributed by atoms with Crippen LogP contribution in [0.3, 0.4) is 0 Å². The van der Waals surface area contributed by atoms with Gasteiger partial charge >= 0.3 is 0 Å². The summed E-state index contributed by atoms with van der Waals surface area (Å²) in [5.41, 5.74) is 0.847. The molecule has 0 amide bonds. The van der Waals surface area contributed by atoms with Gasteiger partial charge in [0.05, 0.1) is 12.6 Å². The SMILES string of the molecule is CN1OCC(S(=O)(=O)N2CCCC2)C1c1cccc(Oc2ccc(Cl)cc2)c1. The molecule has 2 saturated heterocycles. The highest BCUT2D eigenvalue weighted by molar-refractivity contribution is 7.89. The summed E-state index contributed by atoms with van der Waals surface area (Å²) in [6, 6.07) is 14.2. The van der Waals surface area contributed by atoms with Crippen LogP contribution < -0.4 is 4.74 Å². The number of halogens is 1. The van der Waals surface area contributed by atoms with Crippen molar-refractivity contribution in [3.05, 3.63) is 59.1 Å². The van der Waals surface area contributed by atoms with Gasteiger partial charge in [-0.2, -0.15) is 5.06 Å². The number of rotatable bonds is 5. The molecule has 2 heterocycles. The van der Waals surface area contributed by atoms with Crippen LogP contribution >= 0.6 is 11.6 Å². The molecule has 0 saturated carbocycles. The molecule has 6 nitrogen and oxygen atoms in total. The maximum Gasteiger partial charge on any atom is 0.221 e. The Kier molecular flexibility index (Phi) is 5.62. The van der Waals surface area contributed by atoms with E-state index in [-0.39, 0.29) is 12.6 Å². The van der Waals surface area contributed by atoms with Crippen molar-refractivity contribution in [1.29, 1.82) is 0 Å². The van der Waals surface area contributed by atoms with Crippen LogP contribution in [0.5, 0.6) is 11.5 Å². The van der Waals surface area contributed by atoms with Crippen molar-refractivity contribution in [2.45, 2.75) is 24.1 Å². The molecule has 2 aliphatic rings. The molecule has 0 spiro atoms. The second-order valence-electron chi connectivity index (χ2n) is 7.10. The Bertz CT molecular complexity index is 929. The van der Waals surface area contributed by atoms with Crippen molar-refractivity contribution in [3.8, 4) is 11.5 Å². The molecule has 0 bridgehead atoms. The first-order valence-corrected chi connectivity index (χ1v) is 11.2. The average Bonchev–Trinajstić information content (AvgIpc) is 3.34. The molecule has 2 aromatic rings. The summed E-state index contributed by atoms with van der Waals surface area (Å²) < 4.78 is 33.8. The lowest BCUT2D eigenvalue weighted by molar-refractivity contribution is -0.110. The fraction of sp³-hybridized carbons (Fsp3) is 0.400. The van der Waals surface area contributed by atoms with Gasteiger partial charge in [0.15, 0.2) is 0 Å². The van der Waals surface area contributed by atoms with E-state index >= 15 is 0 Å². The largest absolute Gasteiger partial charge is 0.457 e. The van der Waals surface area contributed by atoms with Crippen molar-refractivity contribution in [2.24, 2.45) is 0 Å². The van der Waals surface area contributed by atoms with Crippen molar-refractivity contribution < 1.29 is 18.0 Å². The summed E-state index contributed by atoms with van der Waals surface area (Å²) in [6.45, 7) is 1.34. The molecule has 2 unspecified atom stereocenters. The second kappa shape index (κ2) is 8.00. The quantitative estimate of drug-likeness (QED) is 0.732. The zero-order chi connectivity index (χ0) is 19.7. The predicted molar refractivity (Wildman–Crippen MR) is 108 cm³/mol. The van der Waals surface area contributed by atoms with E-state index in [4.69, 9.17) is 21.2 Å². The Hall–Kier alpha value is -1.64. The van der Waals surface area contributed by atoms with E-state index in [9.17, 15) is 8.42 Å². The lowest BCUT2D eigenvalue weighted by Gasteiger charge is -2.26. The summed E-state index contributed by atoms with van der Waals surface area (Å²) in [6.07, 6.45) is 1.83. The fourth-order valence-electron chi connectivity index (χ4n) is 3.80. The van der Waals surface area contributed by atoms with Gasteiger partial charge in [0.25, 0.3) is 0 Å². The molecule has 2 aliphatic heterocycles. The van der Waals surface area contributed by atoms with Crippen molar-refractivity contribution in [1.82, 2.24) is 9.37 Å². The van der Waals surface area contributed by atoms with Crippen LogP contribution in [0.15, 0.2) is 48.5 Å². The number of nitrogens with zero attached hydrogens (tertiary/aromatic N) is 2. The average molecular weight is 423 g/mol. The first kappa shape index (κ1) is 19.7. The number of ether oxygens (including phenoxy) is 1. The van der Waals surface area contributed by atoms with Crippen LogP contribution in [0.1, 0.15) is 24.4 Å². The molecule has 28 heavy (non-hydrogen) atoms. The van der Waals surface area contributed by atoms with E-state index in [0.29, 0.717) is 29.6 Å². The van der Waals surface area contributed by atoms with Gasteiger partial charge in [-0.05, 0) is 54.8 Å². The third kappa shape index (κ3) is 3.90. The van der Waals surface area contributed by atoms with Gasteiger partial charge in [-0.1, -0.05) is 23.7 Å². The van der Waals surface area contributed by atoms with E-state index in [1.54, 1.807) is 40.7 Å². The van der Waals surface area contributed by atoms with Gasteiger partial charge in [0.1, 0.15) is 16.7 Å². The Balaban J connectivity index is 1.60. The molecule has 8 heteroatoms. The van der Waals surface area contributed by atoms with Crippen LogP contribution in [-0.2, 0) is 14.9 Å². The van der Waals surface area contributed by atoms with Gasteiger partial charge in [-0.25, -0.2) is 12.7 Å². The van der Waals surface area contributed by atoms with Crippen LogP contribution in [0.2, 0.25) is 5.02 Å². The third-order valence-corrected chi connectivity index (χ3v) is 7.74. The van der Waals surface area contributed by atoms with Crippen LogP contribution in [0.4, 0.5) is 0 Å². The number of hydroxylamine groups is 2. The molecule has 2 atom stereocenters. The number of hydrogen-bond donors (Lipinski definition) is 0. The molecule has 0 aliphatic carbocycles. The van der Waals surface area contributed by atoms with E-state index in [2.05, 4.69) is 0 Å². The molecule has 4 rings (SSSR count). The zero-order valence-electron chi connectivity index (χ0n) is 15.6. The maximum atomic E-state index is 13.1. The molecule has 0 radical (unpaired) electrons. The summed E-state index contributed by atoms with van der Waals surface area (Å²) in [5.74, 6) is 1.30. The molecular weight excluding hydrogens is 400 g/mol. The van der Waals surface area contributed by atoms with Crippen molar-refractivity contribution >= 4 is 21.6 Å². The molecule has 2 aromatic carbocycles. The molecule has 0 N–H and O–H groups in total. The summed E-state index contributed by atoms with van der Waals surface area (Å²) in [7, 11) is -1.66. The van der Waals surface area contributed by atoms with Crippen LogP contribution in [0.25, 0.3) is 0 Å². The monoisotopic (exact) mass is 422 g/mol. The second-order valence-corrected chi connectivity index (χ2v) is 9.69. The summed E-state index contributed by atoms with van der Waals surface area (Å²) >= 11 is 5.92. The van der Waals surface area contributed by atoms with Crippen molar-refractivity contribution in [3.63, 3.8) is 0 Å². The Morgan fingerprint density at radius 2 is 1.79 bits per heavy atom. The van der Waals surface area contributed by atoms with Crippen LogP contribution in [-0.4, -0.2) is 49.8 Å². The highest BCUT2D eigenvalue weighted by atomic mass is 35.5. The molecule has 150 valence electrons. The van der Waals surface area contributed by atoms with Gasteiger partial charge in [0.2, 0.25) is 10.0 Å². The van der Waals surface area contributed by atoms with E-state index in [1.807, 2.05) is 24.3 Å². The maximum absolute atomic E-state index is 13.1.